The van der Waals surface area contributed by atoms with Gasteiger partial charge >= 0.3 is 0 Å². The van der Waals surface area contributed by atoms with Crippen molar-refractivity contribution in [3.8, 4) is 0 Å². The fraction of sp³-hybridized carbons (Fsp3) is 0. The van der Waals surface area contributed by atoms with Gasteiger partial charge in [-0.25, -0.2) is 0 Å². The van der Waals surface area contributed by atoms with E-state index in [0.717, 1.165) is 21.7 Å². The van der Waals surface area contributed by atoms with E-state index in [1.165, 1.54) is 0 Å². The zero-order valence-corrected chi connectivity index (χ0v) is 8.75. The second-order valence-electron chi connectivity index (χ2n) is 3.43. The van der Waals surface area contributed by atoms with E-state index in [-0.39, 0.29) is 0 Å². The van der Waals surface area contributed by atoms with E-state index in [9.17, 15) is 0 Å². The summed E-state index contributed by atoms with van der Waals surface area (Å²) in [6.45, 7) is 0. The molecule has 3 aromatic rings. The molecule has 0 saturated carbocycles. The van der Waals surface area contributed by atoms with Crippen molar-refractivity contribution in [1.82, 2.24) is 0 Å². The van der Waals surface area contributed by atoms with Crippen LogP contribution in [0.4, 0.5) is 0 Å². The molecule has 0 aliphatic rings. The van der Waals surface area contributed by atoms with Crippen molar-refractivity contribution in [2.24, 2.45) is 0 Å². The van der Waals surface area contributed by atoms with Crippen LogP contribution in [-0.2, 0) is 0 Å². The number of benzene rings is 2. The first kappa shape index (κ1) is 8.62. The summed E-state index contributed by atoms with van der Waals surface area (Å²) in [7, 11) is 0. The summed E-state index contributed by atoms with van der Waals surface area (Å²) in [5.41, 5.74) is 0.848. The van der Waals surface area contributed by atoms with Gasteiger partial charge < -0.3 is 4.42 Å². The van der Waals surface area contributed by atoms with Crippen molar-refractivity contribution >= 4 is 34.0 Å². The lowest BCUT2D eigenvalue weighted by molar-refractivity contribution is 0.594. The third kappa shape index (κ3) is 1.26. The van der Waals surface area contributed by atoms with Crippen LogP contribution in [0.5, 0.6) is 0 Å². The van der Waals surface area contributed by atoms with Gasteiger partial charge in [0.25, 0.3) is 0 Å². The maximum absolute atomic E-state index is 5.59. The molecule has 0 saturated heterocycles. The molecule has 2 heteroatoms. The van der Waals surface area contributed by atoms with Gasteiger partial charge in [0.15, 0.2) is 4.71 Å². The Morgan fingerprint density at radius 3 is 2.13 bits per heavy atom. The molecule has 0 bridgehead atoms. The largest absolute Gasteiger partial charge is 0.445 e. The summed E-state index contributed by atoms with van der Waals surface area (Å²) in [5.74, 6) is 0. The van der Waals surface area contributed by atoms with Crippen LogP contribution in [-0.4, -0.2) is 0 Å². The summed E-state index contributed by atoms with van der Waals surface area (Å²) in [6, 6.07) is 16.0. The third-order valence-electron chi connectivity index (χ3n) is 2.53. The Balaban J connectivity index is 2.70. The van der Waals surface area contributed by atoms with Gasteiger partial charge in [0.2, 0.25) is 0 Å². The molecule has 0 amide bonds. The average molecular weight is 212 g/mol. The van der Waals surface area contributed by atoms with Gasteiger partial charge in [-0.3, -0.25) is 0 Å². The van der Waals surface area contributed by atoms with Crippen LogP contribution in [0.1, 0.15) is 0 Å². The Labute approximate surface area is 92.0 Å². The number of rotatable bonds is 0. The molecule has 0 spiro atoms. The van der Waals surface area contributed by atoms with E-state index in [4.69, 9.17) is 16.6 Å². The minimum absolute atomic E-state index is 0.560. The van der Waals surface area contributed by atoms with E-state index < -0.39 is 0 Å². The van der Waals surface area contributed by atoms with Crippen molar-refractivity contribution in [2.75, 3.05) is 0 Å². The topological polar surface area (TPSA) is 13.1 Å². The molecule has 0 aliphatic carbocycles. The Morgan fingerprint density at radius 1 is 0.733 bits per heavy atom. The molecule has 0 fully saturated rings. The lowest BCUT2D eigenvalue weighted by Crippen LogP contribution is -1.77. The van der Waals surface area contributed by atoms with Crippen molar-refractivity contribution in [1.29, 1.82) is 0 Å². The van der Waals surface area contributed by atoms with Gasteiger partial charge in [-0.15, -0.1) is 0 Å². The minimum atomic E-state index is 0.560. The molecule has 15 heavy (non-hydrogen) atoms. The highest BCUT2D eigenvalue weighted by Gasteiger charge is 2.02. The maximum atomic E-state index is 5.59. The highest BCUT2D eigenvalue weighted by Crippen LogP contribution is 2.25. The van der Waals surface area contributed by atoms with Crippen molar-refractivity contribution in [3.05, 3.63) is 53.2 Å². The molecule has 3 rings (SSSR count). The number of hydrogen-bond acceptors (Lipinski definition) is 2. The zero-order chi connectivity index (χ0) is 10.3. The fourth-order valence-corrected chi connectivity index (χ4v) is 2.10. The third-order valence-corrected chi connectivity index (χ3v) is 2.83. The highest BCUT2D eigenvalue weighted by atomic mass is 32.1. The molecule has 0 unspecified atom stereocenters. The van der Waals surface area contributed by atoms with Crippen LogP contribution in [0.25, 0.3) is 21.7 Å². The van der Waals surface area contributed by atoms with Crippen LogP contribution < -0.4 is 0 Å². The fourth-order valence-electron chi connectivity index (χ4n) is 1.83. The van der Waals surface area contributed by atoms with Gasteiger partial charge in [0.1, 0.15) is 5.58 Å². The number of hydrogen-bond donors (Lipinski definition) is 0. The van der Waals surface area contributed by atoms with Crippen LogP contribution in [0, 0.1) is 4.71 Å². The second-order valence-corrected chi connectivity index (χ2v) is 3.80. The monoisotopic (exact) mass is 212 g/mol. The second kappa shape index (κ2) is 3.17. The van der Waals surface area contributed by atoms with E-state index in [1.807, 2.05) is 36.4 Å². The molecule has 0 atom stereocenters. The van der Waals surface area contributed by atoms with Crippen LogP contribution >= 0.6 is 12.2 Å². The smallest absolute Gasteiger partial charge is 0.198 e. The first-order valence-corrected chi connectivity index (χ1v) is 5.18. The molecular formula is C13H8OS. The van der Waals surface area contributed by atoms with Crippen LogP contribution in [0.2, 0.25) is 0 Å². The standard InChI is InChI=1S/C13H8OS/c15-13-11-7-2-1-5-9(11)10-6-3-4-8-12(10)14-13/h1-8H. The van der Waals surface area contributed by atoms with Gasteiger partial charge in [-0.2, -0.15) is 0 Å². The van der Waals surface area contributed by atoms with Gasteiger partial charge in [0.05, 0.1) is 0 Å². The number of para-hydroxylation sites is 1. The summed E-state index contributed by atoms with van der Waals surface area (Å²) < 4.78 is 6.15. The Bertz CT molecular complexity index is 697. The quantitative estimate of drug-likeness (QED) is 0.407. The molecular weight excluding hydrogens is 204 g/mol. The summed E-state index contributed by atoms with van der Waals surface area (Å²) in [6.07, 6.45) is 0. The normalized spacial score (nSPS) is 10.9. The Hall–Kier alpha value is -1.67. The molecule has 0 N–H and O–H groups in total. The lowest BCUT2D eigenvalue weighted by atomic mass is 10.1. The SMILES string of the molecule is S=c1oc2ccccc2c2ccccc12. The molecule has 0 radical (unpaired) electrons. The van der Waals surface area contributed by atoms with Crippen molar-refractivity contribution in [3.63, 3.8) is 0 Å². The Kier molecular flexibility index (Phi) is 1.82. The van der Waals surface area contributed by atoms with Crippen LogP contribution in [0.3, 0.4) is 0 Å². The average Bonchev–Trinajstić information content (AvgIpc) is 2.30. The minimum Gasteiger partial charge on any atom is -0.445 e. The number of fused-ring (bicyclic) bond motifs is 3. The molecule has 72 valence electrons. The van der Waals surface area contributed by atoms with Gasteiger partial charge in [-0.1, -0.05) is 36.4 Å². The Morgan fingerprint density at radius 2 is 1.33 bits per heavy atom. The van der Waals surface area contributed by atoms with Crippen LogP contribution in [0.15, 0.2) is 52.9 Å². The maximum Gasteiger partial charge on any atom is 0.198 e. The van der Waals surface area contributed by atoms with E-state index in [2.05, 4.69) is 12.1 Å². The lowest BCUT2D eigenvalue weighted by Gasteiger charge is -2.02. The molecule has 2 aromatic carbocycles. The van der Waals surface area contributed by atoms with Crippen molar-refractivity contribution < 1.29 is 4.42 Å². The molecule has 1 nitrogen and oxygen atoms in total. The van der Waals surface area contributed by atoms with E-state index >= 15 is 0 Å². The summed E-state index contributed by atoms with van der Waals surface area (Å²) in [4.78, 5) is 0. The highest BCUT2D eigenvalue weighted by molar-refractivity contribution is 7.71. The molecule has 0 aliphatic heterocycles. The van der Waals surface area contributed by atoms with Crippen molar-refractivity contribution in [2.45, 2.75) is 0 Å². The first-order valence-electron chi connectivity index (χ1n) is 4.77. The predicted molar refractivity (Wildman–Crippen MR) is 64.6 cm³/mol. The molecule has 1 aromatic heterocycles. The van der Waals surface area contributed by atoms with E-state index in [1.54, 1.807) is 0 Å². The molecule has 1 heterocycles. The first-order chi connectivity index (χ1) is 7.36. The van der Waals surface area contributed by atoms with Gasteiger partial charge in [0, 0.05) is 10.8 Å². The van der Waals surface area contributed by atoms with Gasteiger partial charge in [-0.05, 0) is 29.7 Å². The summed E-state index contributed by atoms with van der Waals surface area (Å²) in [5, 5.41) is 3.28. The summed E-state index contributed by atoms with van der Waals surface area (Å²) >= 11 is 5.21. The van der Waals surface area contributed by atoms with E-state index in [0.29, 0.717) is 4.71 Å². The predicted octanol–water partition coefficient (Wildman–Crippen LogP) is 4.32. The zero-order valence-electron chi connectivity index (χ0n) is 7.94.